The summed E-state index contributed by atoms with van der Waals surface area (Å²) in [4.78, 5) is 15.2. The molecular formula is C7H7NO2S2. The SMILES string of the molecule is O=CONc1ccccc1SS. The Labute approximate surface area is 79.3 Å². The molecule has 1 rings (SSSR count). The van der Waals surface area contributed by atoms with Gasteiger partial charge >= 0.3 is 6.47 Å². The first kappa shape index (κ1) is 9.28. The molecule has 0 aliphatic rings. The van der Waals surface area contributed by atoms with E-state index in [1.807, 2.05) is 18.2 Å². The van der Waals surface area contributed by atoms with Crippen LogP contribution in [0.5, 0.6) is 0 Å². The Morgan fingerprint density at radius 2 is 2.25 bits per heavy atom. The van der Waals surface area contributed by atoms with Gasteiger partial charge in [-0.25, -0.2) is 5.48 Å². The maximum absolute atomic E-state index is 9.87. The van der Waals surface area contributed by atoms with Crippen molar-refractivity contribution in [1.29, 1.82) is 0 Å². The Bertz CT molecular complexity index is 267. The van der Waals surface area contributed by atoms with Crippen LogP contribution in [0, 0.1) is 0 Å². The number of carbonyl (C=O) groups excluding carboxylic acids is 1. The molecule has 3 nitrogen and oxygen atoms in total. The number of thiol groups is 1. The summed E-state index contributed by atoms with van der Waals surface area (Å²) in [6.45, 7) is 0.333. The molecule has 0 saturated heterocycles. The molecule has 0 aliphatic carbocycles. The van der Waals surface area contributed by atoms with E-state index in [-0.39, 0.29) is 0 Å². The normalized spacial score (nSPS) is 9.08. The van der Waals surface area contributed by atoms with Crippen molar-refractivity contribution in [2.24, 2.45) is 0 Å². The lowest BCUT2D eigenvalue weighted by atomic mass is 10.3. The molecular weight excluding hydrogens is 194 g/mol. The molecule has 0 spiro atoms. The molecule has 0 unspecified atom stereocenters. The molecule has 0 fully saturated rings. The molecule has 0 bridgehead atoms. The lowest BCUT2D eigenvalue weighted by Gasteiger charge is -2.05. The summed E-state index contributed by atoms with van der Waals surface area (Å²) < 4.78 is 0. The van der Waals surface area contributed by atoms with E-state index in [4.69, 9.17) is 0 Å². The van der Waals surface area contributed by atoms with Crippen LogP contribution < -0.4 is 5.48 Å². The van der Waals surface area contributed by atoms with Crippen molar-refractivity contribution in [2.75, 3.05) is 5.48 Å². The van der Waals surface area contributed by atoms with E-state index in [0.717, 1.165) is 10.6 Å². The zero-order valence-corrected chi connectivity index (χ0v) is 7.77. The van der Waals surface area contributed by atoms with Gasteiger partial charge < -0.3 is 4.84 Å². The fraction of sp³-hybridized carbons (Fsp3) is 0. The first-order valence-electron chi connectivity index (χ1n) is 3.14. The van der Waals surface area contributed by atoms with Gasteiger partial charge in [0.25, 0.3) is 0 Å². The van der Waals surface area contributed by atoms with Gasteiger partial charge in [-0.15, -0.1) is 11.7 Å². The van der Waals surface area contributed by atoms with Gasteiger partial charge in [0.15, 0.2) is 0 Å². The Hall–Kier alpha value is -0.810. The minimum atomic E-state index is 0.333. The number of anilines is 1. The number of rotatable bonds is 4. The predicted octanol–water partition coefficient (Wildman–Crippen LogP) is 2.12. The first-order chi connectivity index (χ1) is 5.88. The van der Waals surface area contributed by atoms with Gasteiger partial charge in [0.2, 0.25) is 0 Å². The molecule has 1 aromatic rings. The average Bonchev–Trinajstić information content (AvgIpc) is 2.15. The smallest absolute Gasteiger partial charge is 0.320 e. The van der Waals surface area contributed by atoms with Gasteiger partial charge in [-0.2, -0.15) is 0 Å². The van der Waals surface area contributed by atoms with Gasteiger partial charge in [-0.05, 0) is 12.1 Å². The van der Waals surface area contributed by atoms with E-state index < -0.39 is 0 Å². The third-order valence-electron chi connectivity index (χ3n) is 1.20. The van der Waals surface area contributed by atoms with E-state index in [1.54, 1.807) is 6.07 Å². The van der Waals surface area contributed by atoms with Gasteiger partial charge in [0.05, 0.1) is 5.69 Å². The molecule has 5 heteroatoms. The lowest BCUT2D eigenvalue weighted by molar-refractivity contribution is -0.126. The maximum atomic E-state index is 9.87. The van der Waals surface area contributed by atoms with E-state index in [0.29, 0.717) is 6.47 Å². The minimum absolute atomic E-state index is 0.333. The Morgan fingerprint density at radius 3 is 2.92 bits per heavy atom. The summed E-state index contributed by atoms with van der Waals surface area (Å²) in [5.41, 5.74) is 3.20. The molecule has 0 atom stereocenters. The standard InChI is InChI=1S/C7H7NO2S2/c9-5-10-8-6-3-1-2-4-7(6)12-11/h1-5,8,11H. The van der Waals surface area contributed by atoms with Crippen LogP contribution in [0.15, 0.2) is 29.2 Å². The third kappa shape index (κ3) is 2.35. The molecule has 1 N–H and O–H groups in total. The zero-order valence-electron chi connectivity index (χ0n) is 6.06. The highest BCUT2D eigenvalue weighted by Gasteiger charge is 1.98. The van der Waals surface area contributed by atoms with Crippen molar-refractivity contribution in [3.63, 3.8) is 0 Å². The number of carbonyl (C=O) groups is 1. The summed E-state index contributed by atoms with van der Waals surface area (Å²) >= 11 is 4.03. The first-order valence-corrected chi connectivity index (χ1v) is 5.01. The van der Waals surface area contributed by atoms with Crippen LogP contribution in [-0.2, 0) is 9.63 Å². The molecule has 1 aromatic carbocycles. The van der Waals surface area contributed by atoms with E-state index in [2.05, 4.69) is 22.0 Å². The van der Waals surface area contributed by atoms with Gasteiger partial charge in [-0.3, -0.25) is 4.79 Å². The molecule has 12 heavy (non-hydrogen) atoms. The molecule has 0 radical (unpaired) electrons. The highest BCUT2D eigenvalue weighted by molar-refractivity contribution is 8.68. The second-order valence-electron chi connectivity index (χ2n) is 1.90. The molecule has 0 amide bonds. The number of benzene rings is 1. The van der Waals surface area contributed by atoms with Crippen LogP contribution in [0.1, 0.15) is 0 Å². The molecule has 64 valence electrons. The van der Waals surface area contributed by atoms with Crippen LogP contribution >= 0.6 is 22.5 Å². The van der Waals surface area contributed by atoms with Crippen molar-refractivity contribution in [3.05, 3.63) is 24.3 Å². The highest BCUT2D eigenvalue weighted by Crippen LogP contribution is 2.28. The fourth-order valence-electron chi connectivity index (χ4n) is 0.718. The second kappa shape index (κ2) is 4.95. The molecule has 0 heterocycles. The van der Waals surface area contributed by atoms with Crippen LogP contribution in [0.3, 0.4) is 0 Å². The van der Waals surface area contributed by atoms with Crippen LogP contribution in [0.2, 0.25) is 0 Å². The highest BCUT2D eigenvalue weighted by atomic mass is 33.1. The Kier molecular flexibility index (Phi) is 3.83. The fourth-order valence-corrected chi connectivity index (χ4v) is 1.54. The summed E-state index contributed by atoms with van der Waals surface area (Å²) in [7, 11) is 1.28. The van der Waals surface area contributed by atoms with Gasteiger partial charge in [0.1, 0.15) is 0 Å². The maximum Gasteiger partial charge on any atom is 0.320 e. The Balaban J connectivity index is 2.74. The van der Waals surface area contributed by atoms with Crippen molar-refractivity contribution < 1.29 is 9.63 Å². The summed E-state index contributed by atoms with van der Waals surface area (Å²) in [6.07, 6.45) is 0. The summed E-state index contributed by atoms with van der Waals surface area (Å²) in [6, 6.07) is 7.38. The van der Waals surface area contributed by atoms with E-state index in [9.17, 15) is 4.79 Å². The molecule has 0 aromatic heterocycles. The van der Waals surface area contributed by atoms with E-state index in [1.165, 1.54) is 10.8 Å². The van der Waals surface area contributed by atoms with E-state index >= 15 is 0 Å². The summed E-state index contributed by atoms with van der Waals surface area (Å²) in [5, 5.41) is 0. The summed E-state index contributed by atoms with van der Waals surface area (Å²) in [5.74, 6) is 0. The van der Waals surface area contributed by atoms with Crippen LogP contribution in [-0.4, -0.2) is 6.47 Å². The van der Waals surface area contributed by atoms with Crippen LogP contribution in [0.4, 0.5) is 5.69 Å². The molecule has 0 aliphatic heterocycles. The number of para-hydroxylation sites is 1. The Morgan fingerprint density at radius 1 is 1.50 bits per heavy atom. The van der Waals surface area contributed by atoms with Crippen molar-refractivity contribution in [3.8, 4) is 0 Å². The quantitative estimate of drug-likeness (QED) is 0.339. The number of nitrogens with one attached hydrogen (secondary N) is 1. The topological polar surface area (TPSA) is 38.3 Å². The predicted molar refractivity (Wildman–Crippen MR) is 52.1 cm³/mol. The molecule has 0 saturated carbocycles. The van der Waals surface area contributed by atoms with Gasteiger partial charge in [-0.1, -0.05) is 22.9 Å². The van der Waals surface area contributed by atoms with Crippen molar-refractivity contribution in [2.45, 2.75) is 4.90 Å². The third-order valence-corrected chi connectivity index (χ3v) is 2.35. The number of hydrogen-bond donors (Lipinski definition) is 2. The van der Waals surface area contributed by atoms with Gasteiger partial charge in [0, 0.05) is 4.90 Å². The monoisotopic (exact) mass is 201 g/mol. The van der Waals surface area contributed by atoms with Crippen LogP contribution in [0.25, 0.3) is 0 Å². The largest absolute Gasteiger partial charge is 0.347 e. The average molecular weight is 201 g/mol. The lowest BCUT2D eigenvalue weighted by Crippen LogP contribution is -1.99. The number of hydrogen-bond acceptors (Lipinski definition) is 5. The second-order valence-corrected chi connectivity index (χ2v) is 3.07. The zero-order chi connectivity index (χ0) is 8.81. The van der Waals surface area contributed by atoms with Crippen molar-refractivity contribution >= 4 is 34.6 Å². The van der Waals surface area contributed by atoms with Crippen molar-refractivity contribution in [1.82, 2.24) is 0 Å². The minimum Gasteiger partial charge on any atom is -0.347 e.